The molecule has 1 aromatic rings. The standard InChI is InChI=1S/C12H16F3N3O2/c13-12(14,15)7-18-5-4-8(17-18)6-11(20)16-9-2-1-3-10(9)19/h4-5,9-10,19H,1-3,6-7H2,(H,16,20)/t9-,10-/m0/s1. The summed E-state index contributed by atoms with van der Waals surface area (Å²) in [5, 5.41) is 16.0. The van der Waals surface area contributed by atoms with Crippen LogP contribution in [0.3, 0.4) is 0 Å². The second-order valence-electron chi connectivity index (χ2n) is 4.97. The van der Waals surface area contributed by atoms with Crippen molar-refractivity contribution in [2.45, 2.75) is 50.6 Å². The molecule has 1 amide bonds. The van der Waals surface area contributed by atoms with Crippen molar-refractivity contribution in [3.63, 3.8) is 0 Å². The van der Waals surface area contributed by atoms with E-state index in [2.05, 4.69) is 10.4 Å². The molecule has 20 heavy (non-hydrogen) atoms. The first kappa shape index (κ1) is 14.8. The Hall–Kier alpha value is -1.57. The maximum Gasteiger partial charge on any atom is 0.408 e. The van der Waals surface area contributed by atoms with E-state index in [-0.39, 0.29) is 24.1 Å². The Balaban J connectivity index is 1.85. The monoisotopic (exact) mass is 291 g/mol. The molecular weight excluding hydrogens is 275 g/mol. The molecule has 8 heteroatoms. The second-order valence-corrected chi connectivity index (χ2v) is 4.97. The van der Waals surface area contributed by atoms with Gasteiger partial charge < -0.3 is 10.4 Å². The highest BCUT2D eigenvalue weighted by molar-refractivity contribution is 5.78. The van der Waals surface area contributed by atoms with Crippen LogP contribution in [-0.2, 0) is 17.8 Å². The lowest BCUT2D eigenvalue weighted by molar-refractivity contribution is -0.142. The summed E-state index contributed by atoms with van der Waals surface area (Å²) in [4.78, 5) is 11.7. The number of carbonyl (C=O) groups is 1. The van der Waals surface area contributed by atoms with Crippen molar-refractivity contribution >= 4 is 5.91 Å². The molecule has 1 heterocycles. The molecule has 2 atom stereocenters. The van der Waals surface area contributed by atoms with Crippen LogP contribution < -0.4 is 5.32 Å². The molecule has 2 rings (SSSR count). The number of carbonyl (C=O) groups excluding carboxylic acids is 1. The van der Waals surface area contributed by atoms with E-state index in [0.29, 0.717) is 6.42 Å². The van der Waals surface area contributed by atoms with Crippen LogP contribution in [-0.4, -0.2) is 39.1 Å². The lowest BCUT2D eigenvalue weighted by atomic mass is 10.2. The SMILES string of the molecule is O=C(Cc1ccn(CC(F)(F)F)n1)N[C@H]1CCC[C@@H]1O. The molecule has 1 aliphatic carbocycles. The molecule has 112 valence electrons. The fourth-order valence-electron chi connectivity index (χ4n) is 2.30. The van der Waals surface area contributed by atoms with Gasteiger partial charge in [0.1, 0.15) is 6.54 Å². The molecule has 0 radical (unpaired) electrons. The number of hydrogen-bond donors (Lipinski definition) is 2. The number of halogens is 3. The number of nitrogens with one attached hydrogen (secondary N) is 1. The minimum atomic E-state index is -4.33. The Morgan fingerprint density at radius 3 is 2.85 bits per heavy atom. The molecule has 0 unspecified atom stereocenters. The van der Waals surface area contributed by atoms with Gasteiger partial charge in [-0.2, -0.15) is 18.3 Å². The predicted molar refractivity (Wildman–Crippen MR) is 63.8 cm³/mol. The molecule has 0 aromatic carbocycles. The first-order valence-corrected chi connectivity index (χ1v) is 6.40. The van der Waals surface area contributed by atoms with Crippen LogP contribution in [0.5, 0.6) is 0 Å². The van der Waals surface area contributed by atoms with E-state index in [1.165, 1.54) is 12.3 Å². The Morgan fingerprint density at radius 1 is 1.50 bits per heavy atom. The number of aromatic nitrogens is 2. The molecule has 0 spiro atoms. The topological polar surface area (TPSA) is 67.2 Å². The summed E-state index contributed by atoms with van der Waals surface area (Å²) in [7, 11) is 0. The van der Waals surface area contributed by atoms with Crippen molar-refractivity contribution in [1.82, 2.24) is 15.1 Å². The normalized spacial score (nSPS) is 23.0. The number of alkyl halides is 3. The third kappa shape index (κ3) is 4.22. The third-order valence-corrected chi connectivity index (χ3v) is 3.20. The van der Waals surface area contributed by atoms with Crippen LogP contribution in [0.15, 0.2) is 12.3 Å². The minimum absolute atomic E-state index is 0.0892. The van der Waals surface area contributed by atoms with Gasteiger partial charge in [0.15, 0.2) is 0 Å². The summed E-state index contributed by atoms with van der Waals surface area (Å²) in [6.07, 6.45) is -1.54. The van der Waals surface area contributed by atoms with Crippen molar-refractivity contribution in [2.75, 3.05) is 0 Å². The first-order valence-electron chi connectivity index (χ1n) is 6.40. The van der Waals surface area contributed by atoms with Gasteiger partial charge in [-0.3, -0.25) is 9.48 Å². The first-order chi connectivity index (χ1) is 9.33. The summed E-state index contributed by atoms with van der Waals surface area (Å²) in [5.74, 6) is -0.340. The fourth-order valence-corrected chi connectivity index (χ4v) is 2.30. The molecular formula is C12H16F3N3O2. The van der Waals surface area contributed by atoms with E-state index >= 15 is 0 Å². The highest BCUT2D eigenvalue weighted by Crippen LogP contribution is 2.19. The number of nitrogens with zero attached hydrogens (tertiary/aromatic N) is 2. The van der Waals surface area contributed by atoms with Gasteiger partial charge in [-0.15, -0.1) is 0 Å². The number of hydrogen-bond acceptors (Lipinski definition) is 3. The van der Waals surface area contributed by atoms with Crippen LogP contribution in [0, 0.1) is 0 Å². The van der Waals surface area contributed by atoms with E-state index in [0.717, 1.165) is 17.5 Å². The van der Waals surface area contributed by atoms with Gasteiger partial charge in [0.25, 0.3) is 0 Å². The average Bonchev–Trinajstić information content (AvgIpc) is 2.87. The van der Waals surface area contributed by atoms with E-state index in [4.69, 9.17) is 0 Å². The molecule has 1 aliphatic rings. The van der Waals surface area contributed by atoms with Gasteiger partial charge in [-0.1, -0.05) is 0 Å². The molecule has 0 saturated heterocycles. The number of amides is 1. The van der Waals surface area contributed by atoms with Crippen LogP contribution in [0.1, 0.15) is 25.0 Å². The number of aliphatic hydroxyl groups is 1. The van der Waals surface area contributed by atoms with Crippen LogP contribution in [0.4, 0.5) is 13.2 Å². The van der Waals surface area contributed by atoms with Gasteiger partial charge in [0.2, 0.25) is 5.91 Å². The Kier molecular flexibility index (Phi) is 4.32. The summed E-state index contributed by atoms with van der Waals surface area (Å²) in [6, 6.07) is 1.12. The zero-order valence-corrected chi connectivity index (χ0v) is 10.7. The summed E-state index contributed by atoms with van der Waals surface area (Å²) >= 11 is 0. The molecule has 1 saturated carbocycles. The van der Waals surface area contributed by atoms with Crippen LogP contribution >= 0.6 is 0 Å². The lowest BCUT2D eigenvalue weighted by Gasteiger charge is -2.15. The number of rotatable bonds is 4. The Morgan fingerprint density at radius 2 is 2.25 bits per heavy atom. The average molecular weight is 291 g/mol. The maximum atomic E-state index is 12.2. The van der Waals surface area contributed by atoms with Gasteiger partial charge in [0.05, 0.1) is 24.3 Å². The molecule has 0 aliphatic heterocycles. The Bertz CT molecular complexity index is 473. The quantitative estimate of drug-likeness (QED) is 0.870. The molecule has 5 nitrogen and oxygen atoms in total. The smallest absolute Gasteiger partial charge is 0.391 e. The van der Waals surface area contributed by atoms with E-state index in [1.807, 2.05) is 0 Å². The van der Waals surface area contributed by atoms with Gasteiger partial charge >= 0.3 is 6.18 Å². The van der Waals surface area contributed by atoms with E-state index in [9.17, 15) is 23.1 Å². The van der Waals surface area contributed by atoms with E-state index < -0.39 is 18.8 Å². The van der Waals surface area contributed by atoms with E-state index in [1.54, 1.807) is 0 Å². The zero-order valence-electron chi connectivity index (χ0n) is 10.7. The highest BCUT2D eigenvalue weighted by Gasteiger charge is 2.29. The van der Waals surface area contributed by atoms with Crippen molar-refractivity contribution in [3.8, 4) is 0 Å². The summed E-state index contributed by atoms with van der Waals surface area (Å²) < 4.78 is 37.2. The molecule has 2 N–H and O–H groups in total. The van der Waals surface area contributed by atoms with Crippen molar-refractivity contribution < 1.29 is 23.1 Å². The largest absolute Gasteiger partial charge is 0.408 e. The second kappa shape index (κ2) is 5.82. The fraction of sp³-hybridized carbons (Fsp3) is 0.667. The van der Waals surface area contributed by atoms with Crippen molar-refractivity contribution in [3.05, 3.63) is 18.0 Å². The van der Waals surface area contributed by atoms with Gasteiger partial charge in [-0.25, -0.2) is 0 Å². The molecule has 1 aromatic heterocycles. The third-order valence-electron chi connectivity index (χ3n) is 3.20. The predicted octanol–water partition coefficient (Wildman–Crippen LogP) is 1.02. The molecule has 1 fully saturated rings. The number of aliphatic hydroxyl groups excluding tert-OH is 1. The molecule has 0 bridgehead atoms. The van der Waals surface area contributed by atoms with Crippen molar-refractivity contribution in [1.29, 1.82) is 0 Å². The maximum absolute atomic E-state index is 12.2. The van der Waals surface area contributed by atoms with Crippen molar-refractivity contribution in [2.24, 2.45) is 0 Å². The van der Waals surface area contributed by atoms with Gasteiger partial charge in [0, 0.05) is 6.20 Å². The van der Waals surface area contributed by atoms with Crippen LogP contribution in [0.2, 0.25) is 0 Å². The lowest BCUT2D eigenvalue weighted by Crippen LogP contribution is -2.40. The zero-order chi connectivity index (χ0) is 14.8. The summed E-state index contributed by atoms with van der Waals surface area (Å²) in [6.45, 7) is -1.17. The summed E-state index contributed by atoms with van der Waals surface area (Å²) in [5.41, 5.74) is 0.277. The minimum Gasteiger partial charge on any atom is -0.391 e. The van der Waals surface area contributed by atoms with Gasteiger partial charge in [-0.05, 0) is 25.3 Å². The Labute approximate surface area is 113 Å². The highest BCUT2D eigenvalue weighted by atomic mass is 19.4. The van der Waals surface area contributed by atoms with Crippen LogP contribution in [0.25, 0.3) is 0 Å².